The zero-order valence-electron chi connectivity index (χ0n) is 10.3. The number of ether oxygens (including phenoxy) is 2. The van der Waals surface area contributed by atoms with E-state index in [2.05, 4.69) is 0 Å². The van der Waals surface area contributed by atoms with Gasteiger partial charge in [0.1, 0.15) is 0 Å². The summed E-state index contributed by atoms with van der Waals surface area (Å²) < 4.78 is 9.60. The highest BCUT2D eigenvalue weighted by molar-refractivity contribution is 5.70. The molecule has 0 aliphatic heterocycles. The first kappa shape index (κ1) is 14.9. The van der Waals surface area contributed by atoms with E-state index in [1.54, 1.807) is 13.8 Å². The van der Waals surface area contributed by atoms with Gasteiger partial charge in [-0.15, -0.1) is 0 Å². The van der Waals surface area contributed by atoms with Gasteiger partial charge in [0.05, 0.1) is 26.1 Å². The first-order valence-corrected chi connectivity index (χ1v) is 5.59. The molecule has 0 spiro atoms. The van der Waals surface area contributed by atoms with Crippen molar-refractivity contribution in [1.29, 1.82) is 0 Å². The Kier molecular flexibility index (Phi) is 8.52. The van der Waals surface area contributed by atoms with Crippen molar-refractivity contribution in [3.8, 4) is 0 Å². The second-order valence-electron chi connectivity index (χ2n) is 3.41. The molecule has 0 aliphatic rings. The van der Waals surface area contributed by atoms with Gasteiger partial charge in [-0.05, 0) is 20.9 Å². The van der Waals surface area contributed by atoms with Gasteiger partial charge in [0, 0.05) is 13.1 Å². The molecular formula is C11H21NO4. The molecule has 0 aromatic carbocycles. The Morgan fingerprint density at radius 1 is 0.938 bits per heavy atom. The largest absolute Gasteiger partial charge is 0.466 e. The fraction of sp³-hybridized carbons (Fsp3) is 0.818. The number of rotatable bonds is 8. The summed E-state index contributed by atoms with van der Waals surface area (Å²) in [6.07, 6.45) is 0.709. The molecule has 0 radical (unpaired) electrons. The van der Waals surface area contributed by atoms with Gasteiger partial charge < -0.3 is 14.4 Å². The third-order valence-electron chi connectivity index (χ3n) is 2.01. The molecule has 0 saturated carbocycles. The number of carbonyl (C=O) groups excluding carboxylic acids is 2. The van der Waals surface area contributed by atoms with Gasteiger partial charge in [-0.2, -0.15) is 0 Å². The van der Waals surface area contributed by atoms with Crippen LogP contribution in [0.25, 0.3) is 0 Å². The zero-order chi connectivity index (χ0) is 12.4. The Morgan fingerprint density at radius 3 is 1.62 bits per heavy atom. The van der Waals surface area contributed by atoms with Crippen LogP contribution in [0.15, 0.2) is 0 Å². The molecule has 0 aromatic rings. The van der Waals surface area contributed by atoms with Crippen molar-refractivity contribution in [3.05, 3.63) is 0 Å². The molecule has 0 aromatic heterocycles. The van der Waals surface area contributed by atoms with Crippen LogP contribution in [0.4, 0.5) is 0 Å². The van der Waals surface area contributed by atoms with Crippen molar-refractivity contribution in [3.63, 3.8) is 0 Å². The molecular weight excluding hydrogens is 210 g/mol. The lowest BCUT2D eigenvalue weighted by Gasteiger charge is -2.15. The molecule has 0 unspecified atom stereocenters. The summed E-state index contributed by atoms with van der Waals surface area (Å²) in [5.74, 6) is -0.407. The van der Waals surface area contributed by atoms with E-state index in [9.17, 15) is 9.59 Å². The van der Waals surface area contributed by atoms with E-state index in [0.29, 0.717) is 39.1 Å². The molecule has 94 valence electrons. The Hall–Kier alpha value is -1.10. The fourth-order valence-electron chi connectivity index (χ4n) is 1.14. The summed E-state index contributed by atoms with van der Waals surface area (Å²) in [7, 11) is 1.86. The highest BCUT2D eigenvalue weighted by Gasteiger charge is 2.07. The highest BCUT2D eigenvalue weighted by Crippen LogP contribution is 1.94. The Bertz CT molecular complexity index is 196. The van der Waals surface area contributed by atoms with E-state index in [1.165, 1.54) is 0 Å². The minimum atomic E-state index is -0.203. The Balaban J connectivity index is 3.54. The van der Waals surface area contributed by atoms with E-state index < -0.39 is 0 Å². The summed E-state index contributed by atoms with van der Waals surface area (Å²) in [5.41, 5.74) is 0. The molecule has 0 N–H and O–H groups in total. The molecule has 0 heterocycles. The van der Waals surface area contributed by atoms with Crippen molar-refractivity contribution in [2.45, 2.75) is 26.7 Å². The van der Waals surface area contributed by atoms with Gasteiger partial charge >= 0.3 is 11.9 Å². The van der Waals surface area contributed by atoms with E-state index in [4.69, 9.17) is 9.47 Å². The topological polar surface area (TPSA) is 55.8 Å². The van der Waals surface area contributed by atoms with Crippen LogP contribution in [-0.2, 0) is 19.1 Å². The summed E-state index contributed by atoms with van der Waals surface area (Å²) in [4.78, 5) is 24.0. The van der Waals surface area contributed by atoms with Crippen LogP contribution in [-0.4, -0.2) is 50.2 Å². The van der Waals surface area contributed by atoms with Crippen LogP contribution < -0.4 is 0 Å². The molecule has 0 bridgehead atoms. The van der Waals surface area contributed by atoms with Gasteiger partial charge in [-0.1, -0.05) is 0 Å². The third kappa shape index (κ3) is 8.23. The van der Waals surface area contributed by atoms with E-state index >= 15 is 0 Å². The van der Waals surface area contributed by atoms with Crippen molar-refractivity contribution < 1.29 is 19.1 Å². The molecule has 0 fully saturated rings. The van der Waals surface area contributed by atoms with Crippen molar-refractivity contribution >= 4 is 11.9 Å². The van der Waals surface area contributed by atoms with E-state index in [1.807, 2.05) is 11.9 Å². The summed E-state index contributed by atoms with van der Waals surface area (Å²) in [6, 6.07) is 0. The van der Waals surface area contributed by atoms with Gasteiger partial charge in [-0.3, -0.25) is 9.59 Å². The summed E-state index contributed by atoms with van der Waals surface area (Å²) >= 11 is 0. The number of carbonyl (C=O) groups is 2. The number of esters is 2. The van der Waals surface area contributed by atoms with Crippen LogP contribution in [0, 0.1) is 0 Å². The quantitative estimate of drug-likeness (QED) is 0.579. The van der Waals surface area contributed by atoms with E-state index in [0.717, 1.165) is 0 Å². The molecule has 0 saturated heterocycles. The average Bonchev–Trinajstić information content (AvgIpc) is 2.24. The molecule has 16 heavy (non-hydrogen) atoms. The Morgan fingerprint density at radius 2 is 1.31 bits per heavy atom. The zero-order valence-corrected chi connectivity index (χ0v) is 10.3. The lowest BCUT2D eigenvalue weighted by Crippen LogP contribution is -2.25. The predicted molar refractivity (Wildman–Crippen MR) is 60.0 cm³/mol. The van der Waals surface area contributed by atoms with Crippen LogP contribution in [0.3, 0.4) is 0 Å². The fourth-order valence-corrected chi connectivity index (χ4v) is 1.14. The van der Waals surface area contributed by atoms with Gasteiger partial charge in [0.25, 0.3) is 0 Å². The van der Waals surface area contributed by atoms with Crippen molar-refractivity contribution in [2.75, 3.05) is 33.4 Å². The van der Waals surface area contributed by atoms with Crippen LogP contribution in [0.2, 0.25) is 0 Å². The maximum Gasteiger partial charge on any atom is 0.307 e. The first-order valence-electron chi connectivity index (χ1n) is 5.59. The molecule has 5 nitrogen and oxygen atoms in total. The second kappa shape index (κ2) is 9.15. The minimum Gasteiger partial charge on any atom is -0.466 e. The Labute approximate surface area is 96.7 Å². The first-order chi connectivity index (χ1) is 7.60. The molecule has 5 heteroatoms. The maximum absolute atomic E-state index is 11.0. The predicted octanol–water partition coefficient (Wildman–Crippen LogP) is 0.825. The van der Waals surface area contributed by atoms with Gasteiger partial charge in [-0.25, -0.2) is 0 Å². The van der Waals surface area contributed by atoms with E-state index in [-0.39, 0.29) is 11.9 Å². The number of nitrogens with zero attached hydrogens (tertiary/aromatic N) is 1. The van der Waals surface area contributed by atoms with Crippen LogP contribution in [0.5, 0.6) is 0 Å². The summed E-state index contributed by atoms with van der Waals surface area (Å²) in [6.45, 7) is 5.57. The molecule has 0 amide bonds. The molecule has 0 aliphatic carbocycles. The smallest absolute Gasteiger partial charge is 0.307 e. The SMILES string of the molecule is CCOC(=O)CCN(C)CCC(=O)OCC. The lowest BCUT2D eigenvalue weighted by atomic mass is 10.3. The van der Waals surface area contributed by atoms with Crippen LogP contribution in [0.1, 0.15) is 26.7 Å². The van der Waals surface area contributed by atoms with Crippen molar-refractivity contribution in [2.24, 2.45) is 0 Å². The second-order valence-corrected chi connectivity index (χ2v) is 3.41. The lowest BCUT2D eigenvalue weighted by molar-refractivity contribution is -0.143. The monoisotopic (exact) mass is 231 g/mol. The van der Waals surface area contributed by atoms with Crippen LogP contribution >= 0.6 is 0 Å². The van der Waals surface area contributed by atoms with Crippen molar-refractivity contribution in [1.82, 2.24) is 4.90 Å². The third-order valence-corrected chi connectivity index (χ3v) is 2.01. The normalized spacial score (nSPS) is 10.2. The summed E-state index contributed by atoms with van der Waals surface area (Å²) in [5, 5.41) is 0. The highest BCUT2D eigenvalue weighted by atomic mass is 16.5. The molecule has 0 rings (SSSR count). The number of hydrogen-bond acceptors (Lipinski definition) is 5. The average molecular weight is 231 g/mol. The molecule has 0 atom stereocenters. The van der Waals surface area contributed by atoms with Gasteiger partial charge in [0.2, 0.25) is 0 Å². The minimum absolute atomic E-state index is 0.203. The number of hydrogen-bond donors (Lipinski definition) is 0. The standard InChI is InChI=1S/C11H21NO4/c1-4-15-10(13)6-8-12(3)9-7-11(14)16-5-2/h4-9H2,1-3H3. The van der Waals surface area contributed by atoms with Gasteiger partial charge in [0.15, 0.2) is 0 Å². The maximum atomic E-state index is 11.0.